The van der Waals surface area contributed by atoms with Crippen LogP contribution in [0.1, 0.15) is 57.6 Å². The summed E-state index contributed by atoms with van der Waals surface area (Å²) in [4.78, 5) is 23.3. The monoisotopic (exact) mass is 642 g/mol. The predicted octanol–water partition coefficient (Wildman–Crippen LogP) is 6.53. The van der Waals surface area contributed by atoms with Crippen LogP contribution in [0.2, 0.25) is 0 Å². The molecule has 0 aliphatic carbocycles. The minimum Gasteiger partial charge on any atom is -0.392 e. The summed E-state index contributed by atoms with van der Waals surface area (Å²) in [5.41, 5.74) is 7.62. The second-order valence-corrected chi connectivity index (χ2v) is 12.4. The lowest BCUT2D eigenvalue weighted by atomic mass is 9.90. The summed E-state index contributed by atoms with van der Waals surface area (Å²) in [7, 11) is 2.13. The number of amides is 1. The van der Waals surface area contributed by atoms with Gasteiger partial charge >= 0.3 is 0 Å². The van der Waals surface area contributed by atoms with Crippen LogP contribution in [0.5, 0.6) is 0 Å². The standard InChI is InChI=1S/C40H42N4O4/c1-28-37(26-44(2)22-19-36-10-3-4-21-42-36)47-40(48-38(28)32-13-11-29(27-45)12-14-32)33-17-15-31(16-18-33)34-8-5-7-30(23-34)24-43-39(46)35-9-6-20-41-25-35/h3-18,20-21,23,25,28,37-38,40,45H,19,22,24,26-27H2,1-2H3,(H,43,46)/t28-,37+,38+,40+/m0/s1. The smallest absolute Gasteiger partial charge is 0.253 e. The molecular weight excluding hydrogens is 600 g/mol. The van der Waals surface area contributed by atoms with E-state index in [1.807, 2.05) is 54.7 Å². The molecule has 0 spiro atoms. The first-order valence-electron chi connectivity index (χ1n) is 16.4. The Morgan fingerprint density at radius 1 is 0.854 bits per heavy atom. The third-order valence-electron chi connectivity index (χ3n) is 8.91. The number of aliphatic hydroxyl groups excluding tert-OH is 1. The molecule has 1 fully saturated rings. The number of aromatic nitrogens is 2. The zero-order valence-corrected chi connectivity index (χ0v) is 27.4. The minimum atomic E-state index is -0.541. The Morgan fingerprint density at radius 3 is 2.40 bits per heavy atom. The Morgan fingerprint density at radius 2 is 1.67 bits per heavy atom. The van der Waals surface area contributed by atoms with Crippen LogP contribution in [0.3, 0.4) is 0 Å². The molecular formula is C40H42N4O4. The second-order valence-electron chi connectivity index (χ2n) is 12.4. The summed E-state index contributed by atoms with van der Waals surface area (Å²) in [6, 6.07) is 34.0. The highest BCUT2D eigenvalue weighted by atomic mass is 16.7. The molecule has 1 aliphatic rings. The van der Waals surface area contributed by atoms with Gasteiger partial charge in [0.05, 0.1) is 24.4 Å². The third kappa shape index (κ3) is 8.40. The molecule has 2 N–H and O–H groups in total. The van der Waals surface area contributed by atoms with Gasteiger partial charge in [-0.3, -0.25) is 14.8 Å². The van der Waals surface area contributed by atoms with Gasteiger partial charge in [0.1, 0.15) is 0 Å². The number of carbonyl (C=O) groups excluding carboxylic acids is 1. The van der Waals surface area contributed by atoms with Crippen molar-refractivity contribution in [2.75, 3.05) is 20.1 Å². The quantitative estimate of drug-likeness (QED) is 0.160. The molecule has 8 nitrogen and oxygen atoms in total. The molecule has 5 aromatic rings. The number of hydrogen-bond donors (Lipinski definition) is 2. The van der Waals surface area contributed by atoms with E-state index in [1.54, 1.807) is 24.5 Å². The van der Waals surface area contributed by atoms with Gasteiger partial charge in [0, 0.05) is 61.8 Å². The number of nitrogens with one attached hydrogen (secondary N) is 1. The zero-order valence-electron chi connectivity index (χ0n) is 27.4. The summed E-state index contributed by atoms with van der Waals surface area (Å²) in [6.45, 7) is 4.23. The van der Waals surface area contributed by atoms with E-state index in [2.05, 4.69) is 76.6 Å². The molecule has 0 unspecified atom stereocenters. The van der Waals surface area contributed by atoms with Crippen molar-refractivity contribution in [3.05, 3.63) is 155 Å². The van der Waals surface area contributed by atoms with E-state index < -0.39 is 6.29 Å². The van der Waals surface area contributed by atoms with Gasteiger partial charge in [-0.05, 0) is 65.2 Å². The van der Waals surface area contributed by atoms with Gasteiger partial charge in [-0.15, -0.1) is 0 Å². The molecule has 4 atom stereocenters. The van der Waals surface area contributed by atoms with Gasteiger partial charge in [0.15, 0.2) is 6.29 Å². The molecule has 0 bridgehead atoms. The number of hydrogen-bond acceptors (Lipinski definition) is 7. The average molecular weight is 643 g/mol. The number of carbonyl (C=O) groups is 1. The highest BCUT2D eigenvalue weighted by Gasteiger charge is 2.38. The van der Waals surface area contributed by atoms with Crippen LogP contribution in [-0.4, -0.2) is 52.1 Å². The molecule has 0 saturated carbocycles. The molecule has 0 radical (unpaired) electrons. The zero-order chi connectivity index (χ0) is 33.3. The molecule has 1 amide bonds. The van der Waals surface area contributed by atoms with Gasteiger partial charge in [-0.1, -0.05) is 79.7 Å². The number of pyridine rings is 2. The largest absolute Gasteiger partial charge is 0.392 e. The lowest BCUT2D eigenvalue weighted by Crippen LogP contribution is -2.43. The Bertz CT molecular complexity index is 1750. The summed E-state index contributed by atoms with van der Waals surface area (Å²) in [6.07, 6.45) is 5.13. The Hall–Kier alpha value is -4.73. The molecule has 2 aromatic heterocycles. The van der Waals surface area contributed by atoms with Gasteiger partial charge in [-0.25, -0.2) is 0 Å². The van der Waals surface area contributed by atoms with Crippen LogP contribution in [0.15, 0.2) is 122 Å². The topological polar surface area (TPSA) is 96.8 Å². The number of rotatable bonds is 12. The van der Waals surface area contributed by atoms with Crippen molar-refractivity contribution in [3.63, 3.8) is 0 Å². The summed E-state index contributed by atoms with van der Waals surface area (Å²) in [5, 5.41) is 12.6. The van der Waals surface area contributed by atoms with E-state index in [9.17, 15) is 9.90 Å². The number of benzene rings is 3. The highest BCUT2D eigenvalue weighted by molar-refractivity contribution is 5.93. The van der Waals surface area contributed by atoms with E-state index in [1.165, 1.54) is 0 Å². The van der Waals surface area contributed by atoms with E-state index >= 15 is 0 Å². The Labute approximate surface area is 282 Å². The number of nitrogens with zero attached hydrogens (tertiary/aromatic N) is 3. The number of likely N-dealkylation sites (N-methyl/N-ethyl adjacent to an activating group) is 1. The summed E-state index contributed by atoms with van der Waals surface area (Å²) < 4.78 is 13.4. The van der Waals surface area contributed by atoms with Gasteiger partial charge in [0.2, 0.25) is 0 Å². The van der Waals surface area contributed by atoms with Crippen molar-refractivity contribution >= 4 is 5.91 Å². The lowest BCUT2D eigenvalue weighted by Gasteiger charge is -2.42. The second kappa shape index (κ2) is 15.9. The lowest BCUT2D eigenvalue weighted by molar-refractivity contribution is -0.275. The molecule has 1 saturated heterocycles. The van der Waals surface area contributed by atoms with E-state index in [0.29, 0.717) is 12.1 Å². The van der Waals surface area contributed by atoms with Crippen molar-refractivity contribution in [1.29, 1.82) is 0 Å². The fourth-order valence-corrected chi connectivity index (χ4v) is 6.05. The van der Waals surface area contributed by atoms with Gasteiger partial charge < -0.3 is 24.8 Å². The maximum Gasteiger partial charge on any atom is 0.253 e. The van der Waals surface area contributed by atoms with Crippen molar-refractivity contribution < 1.29 is 19.4 Å². The normalized spacial score (nSPS) is 19.2. The van der Waals surface area contributed by atoms with Crippen LogP contribution in [0, 0.1) is 5.92 Å². The summed E-state index contributed by atoms with van der Waals surface area (Å²) in [5.74, 6) is -0.0563. The maximum atomic E-state index is 12.5. The van der Waals surface area contributed by atoms with Gasteiger partial charge in [0.25, 0.3) is 5.91 Å². The number of aliphatic hydroxyl groups is 1. The van der Waals surface area contributed by atoms with Crippen molar-refractivity contribution in [3.8, 4) is 11.1 Å². The number of ether oxygens (including phenoxy) is 2. The molecule has 3 heterocycles. The van der Waals surface area contributed by atoms with Crippen LogP contribution in [0.4, 0.5) is 0 Å². The molecule has 6 rings (SSSR count). The maximum absolute atomic E-state index is 12.5. The first-order valence-corrected chi connectivity index (χ1v) is 16.4. The van der Waals surface area contributed by atoms with Crippen LogP contribution < -0.4 is 5.32 Å². The SMILES string of the molecule is C[C@H]1[C@@H](CN(C)CCc2ccccn2)O[C@@H](c2ccc(-c3cccc(CNC(=O)c4cccnc4)c3)cc2)O[C@H]1c1ccc(CO)cc1. The highest BCUT2D eigenvalue weighted by Crippen LogP contribution is 2.42. The van der Waals surface area contributed by atoms with Crippen molar-refractivity contribution in [1.82, 2.24) is 20.2 Å². The first kappa shape index (κ1) is 33.2. The minimum absolute atomic E-state index is 0.00603. The van der Waals surface area contributed by atoms with Crippen molar-refractivity contribution in [2.24, 2.45) is 5.92 Å². The van der Waals surface area contributed by atoms with Gasteiger partial charge in [-0.2, -0.15) is 0 Å². The third-order valence-corrected chi connectivity index (χ3v) is 8.91. The van der Waals surface area contributed by atoms with Crippen molar-refractivity contribution in [2.45, 2.75) is 45.0 Å². The predicted molar refractivity (Wildman–Crippen MR) is 186 cm³/mol. The Balaban J connectivity index is 1.16. The molecule has 1 aliphatic heterocycles. The van der Waals surface area contributed by atoms with Crippen LogP contribution in [-0.2, 0) is 29.0 Å². The summed E-state index contributed by atoms with van der Waals surface area (Å²) >= 11 is 0. The van der Waals surface area contributed by atoms with E-state index in [4.69, 9.17) is 9.47 Å². The first-order chi connectivity index (χ1) is 23.5. The molecule has 48 heavy (non-hydrogen) atoms. The molecule has 3 aromatic carbocycles. The van der Waals surface area contributed by atoms with Crippen LogP contribution >= 0.6 is 0 Å². The molecule has 8 heteroatoms. The fourth-order valence-electron chi connectivity index (χ4n) is 6.05. The average Bonchev–Trinajstić information content (AvgIpc) is 3.15. The fraction of sp³-hybridized carbons (Fsp3) is 0.275. The molecule has 246 valence electrons. The van der Waals surface area contributed by atoms with Crippen LogP contribution in [0.25, 0.3) is 11.1 Å². The van der Waals surface area contributed by atoms with E-state index in [0.717, 1.165) is 58.6 Å². The van der Waals surface area contributed by atoms with E-state index in [-0.39, 0.29) is 30.6 Å². The Kier molecular flexibility index (Phi) is 11.0.